The summed E-state index contributed by atoms with van der Waals surface area (Å²) in [6.07, 6.45) is 3.99. The molecule has 1 N–H and O–H groups in total. The number of anilines is 1. The molecule has 5 rings (SSSR count). The average molecular weight is 410 g/mol. The van der Waals surface area contributed by atoms with E-state index >= 15 is 0 Å². The van der Waals surface area contributed by atoms with Crippen molar-refractivity contribution in [1.29, 1.82) is 0 Å². The van der Waals surface area contributed by atoms with Crippen LogP contribution in [0.2, 0.25) is 0 Å². The first-order chi connectivity index (χ1) is 14.2. The molecule has 0 amide bonds. The predicted octanol–water partition coefficient (Wildman–Crippen LogP) is 4.82. The Hall–Kier alpha value is -2.83. The molecule has 30 heavy (non-hydrogen) atoms. The fourth-order valence-corrected chi connectivity index (χ4v) is 4.50. The van der Waals surface area contributed by atoms with Crippen molar-refractivity contribution in [2.75, 3.05) is 5.32 Å². The van der Waals surface area contributed by atoms with E-state index < -0.39 is 5.92 Å². The molecule has 2 heterocycles. The van der Waals surface area contributed by atoms with Crippen molar-refractivity contribution >= 4 is 16.7 Å². The van der Waals surface area contributed by atoms with Crippen LogP contribution in [0.4, 0.5) is 14.6 Å². The van der Waals surface area contributed by atoms with E-state index in [4.69, 9.17) is 0 Å². The molecule has 0 spiro atoms. The minimum Gasteiger partial charge on any atom is -0.363 e. The van der Waals surface area contributed by atoms with Crippen LogP contribution in [-0.2, 0) is 17.9 Å². The van der Waals surface area contributed by atoms with Gasteiger partial charge >= 0.3 is 0 Å². The Labute approximate surface area is 173 Å². The third-order valence-electron chi connectivity index (χ3n) is 6.51. The minimum atomic E-state index is -2.76. The first-order valence-electron chi connectivity index (χ1n) is 10.4. The molecule has 2 aliphatic carbocycles. The van der Waals surface area contributed by atoms with Crippen LogP contribution in [0.3, 0.4) is 0 Å². The minimum absolute atomic E-state index is 0.0669. The maximum atomic E-state index is 14.2. The number of hydrogen-bond donors (Lipinski definition) is 1. The number of aryl methyl sites for hydroxylation is 1. The van der Waals surface area contributed by atoms with Crippen LogP contribution in [0.5, 0.6) is 0 Å². The molecule has 2 aromatic heterocycles. The van der Waals surface area contributed by atoms with E-state index in [1.54, 1.807) is 23.6 Å². The number of rotatable bonds is 4. The third-order valence-corrected chi connectivity index (χ3v) is 6.51. The molecule has 1 fully saturated rings. The van der Waals surface area contributed by atoms with Crippen LogP contribution < -0.4 is 10.9 Å². The number of halogens is 2. The molecule has 1 atom stereocenters. The van der Waals surface area contributed by atoms with Gasteiger partial charge in [0, 0.05) is 29.8 Å². The van der Waals surface area contributed by atoms with Crippen molar-refractivity contribution in [3.05, 3.63) is 63.3 Å². The quantitative estimate of drug-likeness (QED) is 0.670. The molecule has 1 aromatic carbocycles. The summed E-state index contributed by atoms with van der Waals surface area (Å²) in [4.78, 5) is 21.6. The lowest BCUT2D eigenvalue weighted by atomic mass is 9.97. The van der Waals surface area contributed by atoms with E-state index in [0.717, 1.165) is 29.4 Å². The highest BCUT2D eigenvalue weighted by Gasteiger charge is 2.41. The predicted molar refractivity (Wildman–Crippen MR) is 112 cm³/mol. The van der Waals surface area contributed by atoms with Crippen LogP contribution in [0.25, 0.3) is 10.9 Å². The van der Waals surface area contributed by atoms with E-state index in [9.17, 15) is 13.6 Å². The van der Waals surface area contributed by atoms with Gasteiger partial charge in [-0.05, 0) is 51.2 Å². The van der Waals surface area contributed by atoms with Gasteiger partial charge in [-0.1, -0.05) is 18.2 Å². The van der Waals surface area contributed by atoms with Gasteiger partial charge in [0.2, 0.25) is 0 Å². The Morgan fingerprint density at radius 2 is 1.97 bits per heavy atom. The van der Waals surface area contributed by atoms with Crippen LogP contribution >= 0.6 is 0 Å². The number of hydrogen-bond acceptors (Lipinski definition) is 4. The molecule has 156 valence electrons. The van der Waals surface area contributed by atoms with Gasteiger partial charge in [-0.3, -0.25) is 4.79 Å². The van der Waals surface area contributed by atoms with E-state index in [1.807, 2.05) is 19.2 Å². The second kappa shape index (κ2) is 6.33. The smallest absolute Gasteiger partial charge is 0.273 e. The van der Waals surface area contributed by atoms with Gasteiger partial charge in [-0.25, -0.2) is 18.7 Å². The number of pyridine rings is 1. The van der Waals surface area contributed by atoms with E-state index in [2.05, 4.69) is 22.2 Å². The topological polar surface area (TPSA) is 59.8 Å². The van der Waals surface area contributed by atoms with Crippen LogP contribution in [-0.4, -0.2) is 14.5 Å². The summed E-state index contributed by atoms with van der Waals surface area (Å²) in [5.74, 6) is -1.60. The normalized spacial score (nSPS) is 19.5. The van der Waals surface area contributed by atoms with Crippen molar-refractivity contribution in [3.63, 3.8) is 0 Å². The van der Waals surface area contributed by atoms with E-state index in [1.165, 1.54) is 6.07 Å². The molecule has 0 aliphatic heterocycles. The monoisotopic (exact) mass is 410 g/mol. The van der Waals surface area contributed by atoms with Gasteiger partial charge in [-0.2, -0.15) is 0 Å². The molecule has 5 nitrogen and oxygen atoms in total. The van der Waals surface area contributed by atoms with Gasteiger partial charge in [0.1, 0.15) is 11.6 Å². The highest BCUT2D eigenvalue weighted by atomic mass is 19.3. The summed E-state index contributed by atoms with van der Waals surface area (Å²) in [7, 11) is 0. The maximum absolute atomic E-state index is 14.2. The fraction of sp³-hybridized carbons (Fsp3) is 0.435. The number of benzene rings is 1. The number of nitrogens with one attached hydrogen (secondary N) is 1. The summed E-state index contributed by atoms with van der Waals surface area (Å²) in [5.41, 5.74) is 2.09. The summed E-state index contributed by atoms with van der Waals surface area (Å²) in [6.45, 7) is 5.80. The fourth-order valence-electron chi connectivity index (χ4n) is 4.50. The van der Waals surface area contributed by atoms with Crippen LogP contribution in [0.15, 0.2) is 35.3 Å². The van der Waals surface area contributed by atoms with Crippen molar-refractivity contribution in [1.82, 2.24) is 14.5 Å². The Morgan fingerprint density at radius 3 is 2.70 bits per heavy atom. The Balaban J connectivity index is 1.58. The van der Waals surface area contributed by atoms with Crippen molar-refractivity contribution in [3.8, 4) is 0 Å². The lowest BCUT2D eigenvalue weighted by molar-refractivity contribution is -0.00184. The second-order valence-corrected chi connectivity index (χ2v) is 8.84. The zero-order chi connectivity index (χ0) is 21.3. The van der Waals surface area contributed by atoms with Crippen molar-refractivity contribution < 1.29 is 8.78 Å². The van der Waals surface area contributed by atoms with Crippen molar-refractivity contribution in [2.24, 2.45) is 0 Å². The highest BCUT2D eigenvalue weighted by molar-refractivity contribution is 5.88. The molecule has 7 heteroatoms. The number of fused-ring (bicyclic) bond motifs is 2. The van der Waals surface area contributed by atoms with Crippen molar-refractivity contribution in [2.45, 2.75) is 64.0 Å². The molecular weight excluding hydrogens is 386 g/mol. The highest BCUT2D eigenvalue weighted by Crippen LogP contribution is 2.44. The molecule has 3 aromatic rings. The van der Waals surface area contributed by atoms with Gasteiger partial charge in [0.05, 0.1) is 16.9 Å². The average Bonchev–Trinajstić information content (AvgIpc) is 3.35. The third kappa shape index (κ3) is 2.99. The Bertz CT molecular complexity index is 1230. The number of alkyl halides is 2. The molecule has 0 radical (unpaired) electrons. The number of nitrogens with zero attached hydrogens (tertiary/aromatic N) is 3. The molecule has 2 aliphatic rings. The molecule has 1 unspecified atom stereocenters. The van der Waals surface area contributed by atoms with Gasteiger partial charge in [0.15, 0.2) is 0 Å². The molecule has 0 bridgehead atoms. The molecule has 1 saturated carbocycles. The van der Waals surface area contributed by atoms with E-state index in [-0.39, 0.29) is 29.1 Å². The van der Waals surface area contributed by atoms with E-state index in [0.29, 0.717) is 23.6 Å². The summed E-state index contributed by atoms with van der Waals surface area (Å²) < 4.78 is 30.2. The largest absolute Gasteiger partial charge is 0.363 e. The lowest BCUT2D eigenvalue weighted by Crippen LogP contribution is -2.27. The first kappa shape index (κ1) is 19.2. The van der Waals surface area contributed by atoms with Crippen LogP contribution in [0.1, 0.15) is 61.7 Å². The summed E-state index contributed by atoms with van der Waals surface area (Å²) in [5, 5.41) is 4.17. The first-order valence-corrected chi connectivity index (χ1v) is 10.4. The summed E-state index contributed by atoms with van der Waals surface area (Å²) >= 11 is 0. The SMILES string of the molecule is Cc1nc(NC(C)c2cccc3c2CCC3(F)F)c2cn(C3(C)CC3)c(=O)cc2n1. The second-order valence-electron chi connectivity index (χ2n) is 8.84. The van der Waals surface area contributed by atoms with Gasteiger partial charge in [-0.15, -0.1) is 0 Å². The lowest BCUT2D eigenvalue weighted by Gasteiger charge is -2.21. The molecule has 0 saturated heterocycles. The Morgan fingerprint density at radius 1 is 1.20 bits per heavy atom. The van der Waals surface area contributed by atoms with Gasteiger partial charge < -0.3 is 9.88 Å². The maximum Gasteiger partial charge on any atom is 0.273 e. The summed E-state index contributed by atoms with van der Waals surface area (Å²) in [6, 6.07) is 6.46. The van der Waals surface area contributed by atoms with Crippen LogP contribution in [0, 0.1) is 6.92 Å². The zero-order valence-corrected chi connectivity index (χ0v) is 17.3. The molecular formula is C23H24F2N4O. The zero-order valence-electron chi connectivity index (χ0n) is 17.3. The number of aromatic nitrogens is 3. The Kier molecular flexibility index (Phi) is 4.04. The van der Waals surface area contributed by atoms with Gasteiger partial charge in [0.25, 0.3) is 11.5 Å². The standard InChI is InChI=1S/C23H24F2N4O/c1-13(15-5-4-6-18-16(15)7-8-23(18,24)25)26-21-17-12-29(22(3)9-10-22)20(30)11-19(17)27-14(2)28-21/h4-6,11-13H,7-10H2,1-3H3,(H,26,27,28).